The fourth-order valence-electron chi connectivity index (χ4n) is 3.07. The van der Waals surface area contributed by atoms with Crippen molar-refractivity contribution in [1.82, 2.24) is 5.32 Å². The van der Waals surface area contributed by atoms with Crippen molar-refractivity contribution >= 4 is 0 Å². The number of aryl methyl sites for hydroxylation is 1. The van der Waals surface area contributed by atoms with Gasteiger partial charge in [0.15, 0.2) is 0 Å². The van der Waals surface area contributed by atoms with Gasteiger partial charge in [0.2, 0.25) is 0 Å². The first-order valence-electron chi connectivity index (χ1n) is 8.27. The molecule has 0 fully saturated rings. The van der Waals surface area contributed by atoms with Crippen LogP contribution in [0, 0.1) is 6.92 Å². The van der Waals surface area contributed by atoms with Gasteiger partial charge >= 0.3 is 0 Å². The molecule has 0 heterocycles. The number of hydrogen-bond acceptors (Lipinski definition) is 1. The van der Waals surface area contributed by atoms with Gasteiger partial charge in [-0.2, -0.15) is 0 Å². The van der Waals surface area contributed by atoms with E-state index >= 15 is 0 Å². The molecule has 110 valence electrons. The molecule has 0 amide bonds. The number of nitrogens with one attached hydrogen (secondary N) is 1. The number of hydrogen-bond donors (Lipinski definition) is 1. The lowest BCUT2D eigenvalue weighted by molar-refractivity contribution is 0.536. The van der Waals surface area contributed by atoms with E-state index in [1.54, 1.807) is 5.57 Å². The lowest BCUT2D eigenvalue weighted by atomic mass is 9.91. The zero-order valence-corrected chi connectivity index (χ0v) is 13.1. The minimum Gasteiger partial charge on any atom is -0.310 e. The molecule has 20 heavy (non-hydrogen) atoms. The van der Waals surface area contributed by atoms with E-state index in [1.165, 1.54) is 49.7 Å². The van der Waals surface area contributed by atoms with Gasteiger partial charge in [-0.05, 0) is 51.1 Å². The van der Waals surface area contributed by atoms with Crippen LogP contribution in [0.5, 0.6) is 0 Å². The minimum atomic E-state index is 0.529. The first-order chi connectivity index (χ1) is 9.79. The Morgan fingerprint density at radius 1 is 1.05 bits per heavy atom. The molecule has 1 atom stereocenters. The van der Waals surface area contributed by atoms with Gasteiger partial charge < -0.3 is 5.32 Å². The molecule has 2 rings (SSSR count). The highest BCUT2D eigenvalue weighted by Crippen LogP contribution is 2.22. The number of benzene rings is 1. The molecule has 1 aromatic carbocycles. The molecule has 1 N–H and O–H groups in total. The van der Waals surface area contributed by atoms with Crippen molar-refractivity contribution in [2.24, 2.45) is 0 Å². The molecular formula is C19H29N. The van der Waals surface area contributed by atoms with Crippen LogP contribution in [0.1, 0.15) is 56.6 Å². The smallest absolute Gasteiger partial charge is 0.0319 e. The Morgan fingerprint density at radius 3 is 2.55 bits per heavy atom. The third-order valence-corrected chi connectivity index (χ3v) is 4.28. The second-order valence-corrected chi connectivity index (χ2v) is 6.03. The molecule has 0 radical (unpaired) electrons. The molecule has 1 aliphatic rings. The van der Waals surface area contributed by atoms with E-state index < -0.39 is 0 Å². The van der Waals surface area contributed by atoms with Crippen LogP contribution in [0.25, 0.3) is 0 Å². The Kier molecular flexibility index (Phi) is 6.32. The molecule has 1 heteroatoms. The van der Waals surface area contributed by atoms with Gasteiger partial charge in [-0.1, -0.05) is 61.2 Å². The summed E-state index contributed by atoms with van der Waals surface area (Å²) in [5.74, 6) is 0. The summed E-state index contributed by atoms with van der Waals surface area (Å²) in [5.41, 5.74) is 4.44. The Balaban J connectivity index is 2.06. The Hall–Kier alpha value is -1.08. The molecule has 1 aliphatic carbocycles. The topological polar surface area (TPSA) is 12.0 Å². The molecule has 0 saturated carbocycles. The Bertz CT molecular complexity index is 416. The zero-order chi connectivity index (χ0) is 14.2. The van der Waals surface area contributed by atoms with Gasteiger partial charge in [0.25, 0.3) is 0 Å². The normalized spacial score (nSPS) is 20.6. The van der Waals surface area contributed by atoms with E-state index in [0.29, 0.717) is 6.04 Å². The molecule has 1 nitrogen and oxygen atoms in total. The first-order valence-corrected chi connectivity index (χ1v) is 8.27. The number of allylic oxidation sites excluding steroid dienone is 1. The van der Waals surface area contributed by atoms with Gasteiger partial charge in [-0.15, -0.1) is 0 Å². The summed E-state index contributed by atoms with van der Waals surface area (Å²) in [5, 5.41) is 3.70. The van der Waals surface area contributed by atoms with Crippen molar-refractivity contribution in [3.05, 3.63) is 47.0 Å². The molecule has 0 aromatic heterocycles. The van der Waals surface area contributed by atoms with E-state index in [9.17, 15) is 0 Å². The second kappa shape index (κ2) is 8.26. The van der Waals surface area contributed by atoms with E-state index in [4.69, 9.17) is 0 Å². The summed E-state index contributed by atoms with van der Waals surface area (Å²) in [6, 6.07) is 9.54. The summed E-state index contributed by atoms with van der Waals surface area (Å²) >= 11 is 0. The average Bonchev–Trinajstić information content (AvgIpc) is 2.41. The average molecular weight is 271 g/mol. The molecule has 0 spiro atoms. The van der Waals surface area contributed by atoms with Crippen molar-refractivity contribution < 1.29 is 0 Å². The van der Waals surface area contributed by atoms with Gasteiger partial charge in [-0.25, -0.2) is 0 Å². The van der Waals surface area contributed by atoms with Crippen LogP contribution in [0.3, 0.4) is 0 Å². The highest BCUT2D eigenvalue weighted by molar-refractivity contribution is 5.25. The zero-order valence-electron chi connectivity index (χ0n) is 13.1. The van der Waals surface area contributed by atoms with Crippen LogP contribution < -0.4 is 5.32 Å². The highest BCUT2D eigenvalue weighted by atomic mass is 14.9. The van der Waals surface area contributed by atoms with E-state index in [1.807, 2.05) is 0 Å². The van der Waals surface area contributed by atoms with Crippen LogP contribution in [-0.4, -0.2) is 12.6 Å². The highest BCUT2D eigenvalue weighted by Gasteiger charge is 2.14. The molecule has 0 saturated heterocycles. The molecular weight excluding hydrogens is 242 g/mol. The minimum absolute atomic E-state index is 0.529. The molecule has 1 unspecified atom stereocenters. The van der Waals surface area contributed by atoms with Gasteiger partial charge in [0.05, 0.1) is 0 Å². The van der Waals surface area contributed by atoms with E-state index in [0.717, 1.165) is 13.0 Å². The second-order valence-electron chi connectivity index (χ2n) is 6.03. The van der Waals surface area contributed by atoms with Crippen molar-refractivity contribution in [2.45, 2.75) is 64.8 Å². The standard InChI is InChI=1S/C19H29N/c1-3-20-19(15-17-13-11-16(2)12-14-17)18-9-7-5-4-6-8-10-18/h9,11-14,19-20H,3-8,10,15H2,1-2H3/b18-9+. The summed E-state index contributed by atoms with van der Waals surface area (Å²) in [7, 11) is 0. The van der Waals surface area contributed by atoms with E-state index in [-0.39, 0.29) is 0 Å². The Labute approximate surface area is 124 Å². The predicted octanol–water partition coefficient (Wildman–Crippen LogP) is 4.80. The SMILES string of the molecule is CCNC(Cc1ccc(C)cc1)/C1=C/CCCCCC1. The Morgan fingerprint density at radius 2 is 1.80 bits per heavy atom. The molecule has 1 aromatic rings. The maximum absolute atomic E-state index is 3.70. The number of rotatable bonds is 5. The summed E-state index contributed by atoms with van der Waals surface area (Å²) in [6.07, 6.45) is 11.7. The van der Waals surface area contributed by atoms with E-state index in [2.05, 4.69) is 49.5 Å². The van der Waals surface area contributed by atoms with Crippen LogP contribution in [-0.2, 0) is 6.42 Å². The van der Waals surface area contributed by atoms with Crippen molar-refractivity contribution in [1.29, 1.82) is 0 Å². The van der Waals surface area contributed by atoms with Gasteiger partial charge in [0, 0.05) is 6.04 Å². The first kappa shape index (κ1) is 15.3. The largest absolute Gasteiger partial charge is 0.310 e. The third-order valence-electron chi connectivity index (χ3n) is 4.28. The monoisotopic (exact) mass is 271 g/mol. The third kappa shape index (κ3) is 4.79. The fraction of sp³-hybridized carbons (Fsp3) is 0.579. The van der Waals surface area contributed by atoms with Crippen LogP contribution in [0.2, 0.25) is 0 Å². The molecule has 0 aliphatic heterocycles. The lowest BCUT2D eigenvalue weighted by Crippen LogP contribution is -2.33. The van der Waals surface area contributed by atoms with Crippen molar-refractivity contribution in [3.8, 4) is 0 Å². The summed E-state index contributed by atoms with van der Waals surface area (Å²) in [4.78, 5) is 0. The summed E-state index contributed by atoms with van der Waals surface area (Å²) in [6.45, 7) is 5.42. The maximum atomic E-state index is 3.70. The number of likely N-dealkylation sites (N-methyl/N-ethyl adjacent to an activating group) is 1. The summed E-state index contributed by atoms with van der Waals surface area (Å²) < 4.78 is 0. The van der Waals surface area contributed by atoms with Crippen molar-refractivity contribution in [2.75, 3.05) is 6.54 Å². The molecule has 0 bridgehead atoms. The van der Waals surface area contributed by atoms with Gasteiger partial charge in [0.1, 0.15) is 0 Å². The quantitative estimate of drug-likeness (QED) is 0.759. The van der Waals surface area contributed by atoms with Crippen LogP contribution >= 0.6 is 0 Å². The maximum Gasteiger partial charge on any atom is 0.0319 e. The van der Waals surface area contributed by atoms with Gasteiger partial charge in [-0.3, -0.25) is 0 Å². The van der Waals surface area contributed by atoms with Crippen LogP contribution in [0.15, 0.2) is 35.9 Å². The predicted molar refractivity (Wildman–Crippen MR) is 88.1 cm³/mol. The van der Waals surface area contributed by atoms with Crippen molar-refractivity contribution in [3.63, 3.8) is 0 Å². The fourth-order valence-corrected chi connectivity index (χ4v) is 3.07. The van der Waals surface area contributed by atoms with Crippen LogP contribution in [0.4, 0.5) is 0 Å². The lowest BCUT2D eigenvalue weighted by Gasteiger charge is -2.23.